The molecule has 0 aliphatic heterocycles. The molecule has 0 aliphatic rings. The molecule has 4 aromatic carbocycles. The first kappa shape index (κ1) is 32.6. The fourth-order valence-electron chi connectivity index (χ4n) is 4.51. The molecule has 43 heavy (non-hydrogen) atoms. The molecule has 0 saturated carbocycles. The van der Waals surface area contributed by atoms with Crippen molar-refractivity contribution < 1.29 is 18.0 Å². The average molecular weight is 679 g/mol. The van der Waals surface area contributed by atoms with Gasteiger partial charge in [0.2, 0.25) is 11.8 Å². The van der Waals surface area contributed by atoms with E-state index in [0.29, 0.717) is 5.56 Å². The number of amides is 2. The highest BCUT2D eigenvalue weighted by atomic mass is 35.5. The van der Waals surface area contributed by atoms with Crippen LogP contribution >= 0.6 is 46.4 Å². The largest absolute Gasteiger partial charge is 0.357 e. The maximum atomic E-state index is 14.3. The molecular weight excluding hydrogens is 652 g/mol. The summed E-state index contributed by atoms with van der Waals surface area (Å²) in [6.45, 7) is -0.851. The monoisotopic (exact) mass is 677 g/mol. The summed E-state index contributed by atoms with van der Waals surface area (Å²) in [5.41, 5.74) is 1.27. The highest BCUT2D eigenvalue weighted by Gasteiger charge is 2.35. The average Bonchev–Trinajstić information content (AvgIpc) is 2.98. The van der Waals surface area contributed by atoms with Gasteiger partial charge in [-0.25, -0.2) is 8.42 Å². The summed E-state index contributed by atoms with van der Waals surface area (Å²) in [5.74, 6) is -1.14. The van der Waals surface area contributed by atoms with E-state index >= 15 is 0 Å². The zero-order valence-electron chi connectivity index (χ0n) is 22.9. The molecule has 0 aliphatic carbocycles. The Bertz CT molecular complexity index is 1670. The van der Waals surface area contributed by atoms with E-state index in [4.69, 9.17) is 46.4 Å². The number of halogens is 4. The molecule has 0 heterocycles. The fraction of sp³-hybridized carbons (Fsp3) is 0.161. The number of sulfonamides is 1. The van der Waals surface area contributed by atoms with Gasteiger partial charge in [-0.1, -0.05) is 101 Å². The lowest BCUT2D eigenvalue weighted by Gasteiger charge is -2.34. The van der Waals surface area contributed by atoms with Crippen molar-refractivity contribution in [1.82, 2.24) is 10.2 Å². The second-order valence-electron chi connectivity index (χ2n) is 9.49. The van der Waals surface area contributed by atoms with Gasteiger partial charge in [0.15, 0.2) is 0 Å². The minimum atomic E-state index is -4.30. The number of likely N-dealkylation sites (N-methyl/N-ethyl adjacent to an activating group) is 1. The predicted molar refractivity (Wildman–Crippen MR) is 172 cm³/mol. The number of nitrogens with one attached hydrogen (secondary N) is 1. The Kier molecular flexibility index (Phi) is 11.0. The van der Waals surface area contributed by atoms with Gasteiger partial charge >= 0.3 is 0 Å². The van der Waals surface area contributed by atoms with Gasteiger partial charge < -0.3 is 10.2 Å². The van der Waals surface area contributed by atoms with Gasteiger partial charge in [0.1, 0.15) is 12.6 Å². The van der Waals surface area contributed by atoms with Crippen LogP contribution in [0.1, 0.15) is 11.1 Å². The van der Waals surface area contributed by atoms with Crippen molar-refractivity contribution in [3.05, 3.63) is 128 Å². The van der Waals surface area contributed by atoms with Crippen LogP contribution in [0.3, 0.4) is 0 Å². The Morgan fingerprint density at radius 2 is 1.35 bits per heavy atom. The van der Waals surface area contributed by atoms with Crippen LogP contribution in [0.25, 0.3) is 0 Å². The topological polar surface area (TPSA) is 86.8 Å². The molecule has 1 atom stereocenters. The number of nitrogens with zero attached hydrogens (tertiary/aromatic N) is 2. The van der Waals surface area contributed by atoms with E-state index in [1.54, 1.807) is 36.4 Å². The lowest BCUT2D eigenvalue weighted by molar-refractivity contribution is -0.139. The number of anilines is 1. The number of hydrogen-bond acceptors (Lipinski definition) is 4. The Morgan fingerprint density at radius 3 is 1.91 bits per heavy atom. The molecule has 4 aromatic rings. The SMILES string of the molecule is CNC(=O)[C@@H](Cc1ccccc1)N(Cc1c(Cl)cccc1Cl)C(=O)CN(c1cc(Cl)cc(Cl)c1)S(=O)(=O)c1ccccc1. The lowest BCUT2D eigenvalue weighted by atomic mass is 10.0. The molecule has 0 radical (unpaired) electrons. The minimum Gasteiger partial charge on any atom is -0.357 e. The van der Waals surface area contributed by atoms with Crippen molar-refractivity contribution in [2.24, 2.45) is 0 Å². The normalized spacial score (nSPS) is 11.9. The van der Waals surface area contributed by atoms with E-state index in [0.717, 1.165) is 9.87 Å². The summed E-state index contributed by atoms with van der Waals surface area (Å²) >= 11 is 25.5. The van der Waals surface area contributed by atoms with Gasteiger partial charge in [0.25, 0.3) is 10.0 Å². The van der Waals surface area contributed by atoms with Crippen LogP contribution in [0.5, 0.6) is 0 Å². The maximum Gasteiger partial charge on any atom is 0.264 e. The van der Waals surface area contributed by atoms with Gasteiger partial charge in [-0.2, -0.15) is 0 Å². The third-order valence-corrected chi connectivity index (χ3v) is 9.59. The highest BCUT2D eigenvalue weighted by Crippen LogP contribution is 2.31. The van der Waals surface area contributed by atoms with E-state index in [1.807, 2.05) is 30.3 Å². The summed E-state index contributed by atoms with van der Waals surface area (Å²) < 4.78 is 28.9. The van der Waals surface area contributed by atoms with E-state index in [2.05, 4.69) is 5.32 Å². The predicted octanol–water partition coefficient (Wildman–Crippen LogP) is 6.88. The molecule has 224 valence electrons. The summed E-state index contributed by atoms with van der Waals surface area (Å²) in [7, 11) is -2.84. The van der Waals surface area contributed by atoms with E-state index < -0.39 is 34.4 Å². The van der Waals surface area contributed by atoms with Gasteiger partial charge in [0, 0.05) is 45.7 Å². The molecule has 0 bridgehead atoms. The minimum absolute atomic E-state index is 0.0493. The molecular formula is C31H27Cl4N3O4S. The summed E-state index contributed by atoms with van der Waals surface area (Å²) in [6, 6.07) is 24.9. The van der Waals surface area contributed by atoms with Gasteiger partial charge in [-0.3, -0.25) is 13.9 Å². The Balaban J connectivity index is 1.84. The Hall–Kier alpha value is -3.27. The van der Waals surface area contributed by atoms with Crippen LogP contribution in [0.2, 0.25) is 20.1 Å². The Labute approximate surface area is 271 Å². The number of carbonyl (C=O) groups excluding carboxylic acids is 2. The fourth-order valence-corrected chi connectivity index (χ4v) is 6.96. The molecule has 0 spiro atoms. The second kappa shape index (κ2) is 14.5. The number of carbonyl (C=O) groups is 2. The second-order valence-corrected chi connectivity index (χ2v) is 13.0. The molecule has 12 heteroatoms. The zero-order chi connectivity index (χ0) is 31.1. The third kappa shape index (κ3) is 8.02. The molecule has 2 amide bonds. The molecule has 0 aromatic heterocycles. The smallest absolute Gasteiger partial charge is 0.264 e. The standard InChI is InChI=1S/C31H27Cl4N3O4S/c1-36-31(40)29(15-21-9-4-2-5-10-21)37(19-26-27(34)13-8-14-28(26)35)30(39)20-38(24-17-22(32)16-23(33)18-24)43(41,42)25-11-6-3-7-12-25/h2-14,16-18,29H,15,19-20H2,1H3,(H,36,40)/t29-/m1/s1. The highest BCUT2D eigenvalue weighted by molar-refractivity contribution is 7.92. The van der Waals surface area contributed by atoms with E-state index in [1.165, 1.54) is 42.3 Å². The van der Waals surface area contributed by atoms with Crippen LogP contribution < -0.4 is 9.62 Å². The Morgan fingerprint density at radius 1 is 0.791 bits per heavy atom. The van der Waals surface area contributed by atoms with Crippen molar-refractivity contribution in [3.63, 3.8) is 0 Å². The van der Waals surface area contributed by atoms with Crippen molar-refractivity contribution in [2.45, 2.75) is 23.9 Å². The number of hydrogen-bond donors (Lipinski definition) is 1. The van der Waals surface area contributed by atoms with Gasteiger partial charge in [-0.05, 0) is 48.0 Å². The third-order valence-electron chi connectivity index (χ3n) is 6.65. The van der Waals surface area contributed by atoms with Crippen LogP contribution in [-0.4, -0.2) is 44.8 Å². The number of benzene rings is 4. The summed E-state index contributed by atoms with van der Waals surface area (Å²) in [4.78, 5) is 28.9. The van der Waals surface area contributed by atoms with E-state index in [9.17, 15) is 18.0 Å². The quantitative estimate of drug-likeness (QED) is 0.187. The molecule has 4 rings (SSSR count). The first-order chi connectivity index (χ1) is 20.5. The van der Waals surface area contributed by atoms with Crippen LogP contribution in [0, 0.1) is 0 Å². The van der Waals surface area contributed by atoms with Crippen molar-refractivity contribution in [3.8, 4) is 0 Å². The molecule has 0 unspecified atom stereocenters. The lowest BCUT2D eigenvalue weighted by Crippen LogP contribution is -2.53. The molecule has 0 fully saturated rings. The molecule has 0 saturated heterocycles. The molecule has 7 nitrogen and oxygen atoms in total. The zero-order valence-corrected chi connectivity index (χ0v) is 26.7. The van der Waals surface area contributed by atoms with Crippen molar-refractivity contribution >= 4 is 73.9 Å². The summed E-state index contributed by atoms with van der Waals surface area (Å²) in [5, 5.41) is 3.55. The maximum absolute atomic E-state index is 14.3. The summed E-state index contributed by atoms with van der Waals surface area (Å²) in [6.07, 6.45) is 0.142. The molecule has 1 N–H and O–H groups in total. The first-order valence-electron chi connectivity index (χ1n) is 13.0. The van der Waals surface area contributed by atoms with Gasteiger partial charge in [0.05, 0.1) is 10.6 Å². The first-order valence-corrected chi connectivity index (χ1v) is 16.0. The van der Waals surface area contributed by atoms with Crippen molar-refractivity contribution in [2.75, 3.05) is 17.9 Å². The van der Waals surface area contributed by atoms with Crippen LogP contribution in [0.4, 0.5) is 5.69 Å². The van der Waals surface area contributed by atoms with Crippen LogP contribution in [-0.2, 0) is 32.6 Å². The van der Waals surface area contributed by atoms with Crippen LogP contribution in [0.15, 0.2) is 102 Å². The van der Waals surface area contributed by atoms with E-state index in [-0.39, 0.29) is 43.6 Å². The van der Waals surface area contributed by atoms with Crippen molar-refractivity contribution in [1.29, 1.82) is 0 Å². The van der Waals surface area contributed by atoms with Gasteiger partial charge in [-0.15, -0.1) is 0 Å². The number of rotatable bonds is 11.